The maximum atomic E-state index is 5.44. The summed E-state index contributed by atoms with van der Waals surface area (Å²) in [6, 6.07) is 8.13. The standard InChI is InChI=1S/C14H18O2Si/c1-17(2,3)11-8-12-4-6-13(7-5-12)14-15-9-10-16-14/h4-7,14H,9-10H2,1-3H3. The first-order chi connectivity index (χ1) is 8.04. The summed E-state index contributed by atoms with van der Waals surface area (Å²) >= 11 is 0. The first-order valence-electron chi connectivity index (χ1n) is 5.91. The SMILES string of the molecule is C[Si](C)(C)C#Cc1ccc(C2OCCO2)cc1. The maximum Gasteiger partial charge on any atom is 0.184 e. The number of ether oxygens (including phenoxy) is 2. The molecule has 0 atom stereocenters. The smallest absolute Gasteiger partial charge is 0.184 e. The maximum absolute atomic E-state index is 5.44. The minimum atomic E-state index is -1.29. The zero-order valence-corrected chi connectivity index (χ0v) is 11.6. The monoisotopic (exact) mass is 246 g/mol. The van der Waals surface area contributed by atoms with Crippen LogP contribution in [0.5, 0.6) is 0 Å². The Hall–Kier alpha value is -1.08. The molecule has 0 amide bonds. The van der Waals surface area contributed by atoms with E-state index < -0.39 is 8.07 Å². The second kappa shape index (κ2) is 5.05. The molecule has 1 aliphatic rings. The molecule has 1 aromatic rings. The van der Waals surface area contributed by atoms with E-state index in [4.69, 9.17) is 9.47 Å². The Bertz CT molecular complexity index is 428. The fourth-order valence-corrected chi connectivity index (χ4v) is 2.05. The van der Waals surface area contributed by atoms with E-state index in [9.17, 15) is 0 Å². The molecular weight excluding hydrogens is 228 g/mol. The highest BCUT2D eigenvalue weighted by atomic mass is 28.3. The Kier molecular flexibility index (Phi) is 3.68. The first kappa shape index (κ1) is 12.4. The van der Waals surface area contributed by atoms with Crippen LogP contribution in [-0.2, 0) is 9.47 Å². The second-order valence-electron chi connectivity index (χ2n) is 5.20. The predicted octanol–water partition coefficient (Wildman–Crippen LogP) is 2.96. The molecule has 1 saturated heterocycles. The summed E-state index contributed by atoms with van der Waals surface area (Å²) < 4.78 is 10.9. The molecule has 90 valence electrons. The van der Waals surface area contributed by atoms with Crippen molar-refractivity contribution in [2.24, 2.45) is 0 Å². The molecular formula is C14H18O2Si. The zero-order valence-electron chi connectivity index (χ0n) is 10.6. The molecule has 0 bridgehead atoms. The van der Waals surface area contributed by atoms with Crippen LogP contribution < -0.4 is 0 Å². The number of benzene rings is 1. The van der Waals surface area contributed by atoms with E-state index in [0.717, 1.165) is 11.1 Å². The highest BCUT2D eigenvalue weighted by molar-refractivity contribution is 6.83. The van der Waals surface area contributed by atoms with Crippen LogP contribution in [0.2, 0.25) is 19.6 Å². The highest BCUT2D eigenvalue weighted by Crippen LogP contribution is 2.23. The van der Waals surface area contributed by atoms with Crippen LogP contribution in [0.4, 0.5) is 0 Å². The Morgan fingerprint density at radius 1 is 1.06 bits per heavy atom. The van der Waals surface area contributed by atoms with Gasteiger partial charge in [0.1, 0.15) is 8.07 Å². The summed E-state index contributed by atoms with van der Waals surface area (Å²) in [4.78, 5) is 0. The van der Waals surface area contributed by atoms with Gasteiger partial charge >= 0.3 is 0 Å². The van der Waals surface area contributed by atoms with Gasteiger partial charge in [0, 0.05) is 11.1 Å². The van der Waals surface area contributed by atoms with E-state index in [1.807, 2.05) is 24.3 Å². The summed E-state index contributed by atoms with van der Waals surface area (Å²) in [5.74, 6) is 3.23. The quantitative estimate of drug-likeness (QED) is 0.560. The van der Waals surface area contributed by atoms with Crippen molar-refractivity contribution in [3.05, 3.63) is 35.4 Å². The van der Waals surface area contributed by atoms with Gasteiger partial charge in [-0.25, -0.2) is 0 Å². The largest absolute Gasteiger partial charge is 0.346 e. The normalized spacial score (nSPS) is 16.6. The van der Waals surface area contributed by atoms with E-state index in [-0.39, 0.29) is 6.29 Å². The van der Waals surface area contributed by atoms with Gasteiger partial charge in [0.2, 0.25) is 0 Å². The van der Waals surface area contributed by atoms with E-state index in [1.165, 1.54) is 0 Å². The molecule has 2 rings (SSSR count). The van der Waals surface area contributed by atoms with E-state index in [0.29, 0.717) is 13.2 Å². The summed E-state index contributed by atoms with van der Waals surface area (Å²) in [5.41, 5.74) is 5.49. The van der Waals surface area contributed by atoms with Crippen LogP contribution in [0.25, 0.3) is 0 Å². The lowest BCUT2D eigenvalue weighted by molar-refractivity contribution is -0.0441. The number of rotatable bonds is 1. The minimum absolute atomic E-state index is 0.186. The molecule has 0 radical (unpaired) electrons. The molecule has 17 heavy (non-hydrogen) atoms. The van der Waals surface area contributed by atoms with Crippen molar-refractivity contribution in [1.29, 1.82) is 0 Å². The average Bonchev–Trinajstić information content (AvgIpc) is 2.79. The second-order valence-corrected chi connectivity index (χ2v) is 9.95. The van der Waals surface area contributed by atoms with E-state index in [2.05, 4.69) is 31.1 Å². The van der Waals surface area contributed by atoms with Crippen LogP contribution in [0.15, 0.2) is 24.3 Å². The van der Waals surface area contributed by atoms with Gasteiger partial charge in [-0.1, -0.05) is 37.7 Å². The van der Waals surface area contributed by atoms with Gasteiger partial charge in [-0.2, -0.15) is 0 Å². The van der Waals surface area contributed by atoms with Gasteiger partial charge in [-0.05, 0) is 12.1 Å². The van der Waals surface area contributed by atoms with Crippen molar-refractivity contribution in [3.63, 3.8) is 0 Å². The van der Waals surface area contributed by atoms with Crippen molar-refractivity contribution in [2.45, 2.75) is 25.9 Å². The lowest BCUT2D eigenvalue weighted by Gasteiger charge is -2.08. The third-order valence-electron chi connectivity index (χ3n) is 2.39. The molecule has 0 saturated carbocycles. The van der Waals surface area contributed by atoms with Crippen molar-refractivity contribution in [2.75, 3.05) is 13.2 Å². The van der Waals surface area contributed by atoms with Crippen LogP contribution in [0.1, 0.15) is 17.4 Å². The third-order valence-corrected chi connectivity index (χ3v) is 3.26. The Morgan fingerprint density at radius 3 is 2.18 bits per heavy atom. The van der Waals surface area contributed by atoms with Crippen LogP contribution >= 0.6 is 0 Å². The number of hydrogen-bond donors (Lipinski definition) is 0. The summed E-state index contributed by atoms with van der Waals surface area (Å²) in [6.45, 7) is 8.10. The molecule has 0 spiro atoms. The Labute approximate surface area is 104 Å². The molecule has 1 heterocycles. The molecule has 3 heteroatoms. The van der Waals surface area contributed by atoms with Crippen molar-refractivity contribution in [3.8, 4) is 11.5 Å². The minimum Gasteiger partial charge on any atom is -0.346 e. The first-order valence-corrected chi connectivity index (χ1v) is 9.41. The average molecular weight is 246 g/mol. The van der Waals surface area contributed by atoms with Gasteiger partial charge in [0.25, 0.3) is 0 Å². The molecule has 1 fully saturated rings. The molecule has 0 aliphatic carbocycles. The molecule has 2 nitrogen and oxygen atoms in total. The fourth-order valence-electron chi connectivity index (χ4n) is 1.53. The van der Waals surface area contributed by atoms with E-state index in [1.54, 1.807) is 0 Å². The molecule has 1 aromatic carbocycles. The van der Waals surface area contributed by atoms with Crippen molar-refractivity contribution >= 4 is 8.07 Å². The summed E-state index contributed by atoms with van der Waals surface area (Å²) in [5, 5.41) is 0. The predicted molar refractivity (Wildman–Crippen MR) is 71.3 cm³/mol. The van der Waals surface area contributed by atoms with Crippen molar-refractivity contribution < 1.29 is 9.47 Å². The number of hydrogen-bond acceptors (Lipinski definition) is 2. The highest BCUT2D eigenvalue weighted by Gasteiger charge is 2.17. The van der Waals surface area contributed by atoms with Crippen LogP contribution in [0.3, 0.4) is 0 Å². The van der Waals surface area contributed by atoms with Gasteiger partial charge in [-0.3, -0.25) is 0 Å². The van der Waals surface area contributed by atoms with Crippen molar-refractivity contribution in [1.82, 2.24) is 0 Å². The summed E-state index contributed by atoms with van der Waals surface area (Å²) in [6.07, 6.45) is -0.186. The Morgan fingerprint density at radius 2 is 1.65 bits per heavy atom. The third kappa shape index (κ3) is 3.71. The van der Waals surface area contributed by atoms with Gasteiger partial charge in [0.05, 0.1) is 13.2 Å². The van der Waals surface area contributed by atoms with E-state index >= 15 is 0 Å². The zero-order chi connectivity index (χ0) is 12.3. The lowest BCUT2D eigenvalue weighted by atomic mass is 10.1. The van der Waals surface area contributed by atoms with Gasteiger partial charge in [-0.15, -0.1) is 5.54 Å². The summed E-state index contributed by atoms with van der Waals surface area (Å²) in [7, 11) is -1.29. The fraction of sp³-hybridized carbons (Fsp3) is 0.429. The molecule has 1 aliphatic heterocycles. The van der Waals surface area contributed by atoms with Gasteiger partial charge < -0.3 is 9.47 Å². The Balaban J connectivity index is 2.09. The topological polar surface area (TPSA) is 18.5 Å². The molecule has 0 N–H and O–H groups in total. The van der Waals surface area contributed by atoms with Crippen LogP contribution in [0, 0.1) is 11.5 Å². The lowest BCUT2D eigenvalue weighted by Crippen LogP contribution is -2.16. The van der Waals surface area contributed by atoms with Crippen LogP contribution in [-0.4, -0.2) is 21.3 Å². The molecule has 0 aromatic heterocycles. The van der Waals surface area contributed by atoms with Gasteiger partial charge in [0.15, 0.2) is 6.29 Å². The molecule has 0 unspecified atom stereocenters.